The molecule has 0 fully saturated rings. The zero-order chi connectivity index (χ0) is 24.8. The summed E-state index contributed by atoms with van der Waals surface area (Å²) in [4.78, 5) is 15.0. The smallest absolute Gasteiger partial charge is 0.274 e. The molecule has 1 aromatic heterocycles. The Morgan fingerprint density at radius 1 is 0.771 bits per heavy atom. The minimum Gasteiger partial charge on any atom is -0.497 e. The predicted molar refractivity (Wildman–Crippen MR) is 137 cm³/mol. The SMILES string of the molecule is COc1ccc(-n2c(C)c(OCc3ccccc3)c(OCc3ccccc3)c2C(=O)N(C)C)cc1. The molecule has 0 radical (unpaired) electrons. The Hall–Kier alpha value is -4.19. The zero-order valence-electron chi connectivity index (χ0n) is 20.5. The van der Waals surface area contributed by atoms with Gasteiger partial charge in [-0.1, -0.05) is 60.7 Å². The van der Waals surface area contributed by atoms with E-state index in [1.54, 1.807) is 26.1 Å². The first-order valence-electron chi connectivity index (χ1n) is 11.4. The van der Waals surface area contributed by atoms with E-state index in [0.29, 0.717) is 30.4 Å². The van der Waals surface area contributed by atoms with Crippen molar-refractivity contribution in [3.8, 4) is 22.9 Å². The van der Waals surface area contributed by atoms with Crippen molar-refractivity contribution in [3.63, 3.8) is 0 Å². The monoisotopic (exact) mass is 470 g/mol. The standard InChI is InChI=1S/C29H30N2O4/c1-21-27(34-19-22-11-7-5-8-12-22)28(35-20-23-13-9-6-10-14-23)26(29(32)30(2)3)31(21)24-15-17-25(33-4)18-16-24/h5-18H,19-20H2,1-4H3. The molecule has 0 N–H and O–H groups in total. The lowest BCUT2D eigenvalue weighted by Gasteiger charge is -2.16. The van der Waals surface area contributed by atoms with Crippen LogP contribution in [0.25, 0.3) is 5.69 Å². The van der Waals surface area contributed by atoms with Gasteiger partial charge in [0.1, 0.15) is 19.0 Å². The van der Waals surface area contributed by atoms with Gasteiger partial charge < -0.3 is 23.7 Å². The van der Waals surface area contributed by atoms with Crippen molar-refractivity contribution in [1.29, 1.82) is 0 Å². The Kier molecular flexibility index (Phi) is 7.41. The third kappa shape index (κ3) is 5.32. The average Bonchev–Trinajstić information content (AvgIpc) is 3.17. The van der Waals surface area contributed by atoms with E-state index >= 15 is 0 Å². The maximum Gasteiger partial charge on any atom is 0.274 e. The first kappa shape index (κ1) is 24.0. The number of hydrogen-bond donors (Lipinski definition) is 0. The second-order valence-electron chi connectivity index (χ2n) is 8.37. The lowest BCUT2D eigenvalue weighted by Crippen LogP contribution is -2.25. The number of methoxy groups -OCH3 is 1. The first-order valence-corrected chi connectivity index (χ1v) is 11.4. The topological polar surface area (TPSA) is 52.9 Å². The highest BCUT2D eigenvalue weighted by molar-refractivity contribution is 5.97. The molecule has 0 saturated carbocycles. The minimum atomic E-state index is -0.179. The van der Waals surface area contributed by atoms with Crippen molar-refractivity contribution in [2.24, 2.45) is 0 Å². The van der Waals surface area contributed by atoms with Crippen molar-refractivity contribution < 1.29 is 19.0 Å². The number of carbonyl (C=O) groups is 1. The van der Waals surface area contributed by atoms with Crippen LogP contribution in [-0.2, 0) is 13.2 Å². The Labute approximate surface area is 206 Å². The van der Waals surface area contributed by atoms with Gasteiger partial charge >= 0.3 is 0 Å². The van der Waals surface area contributed by atoms with E-state index in [-0.39, 0.29) is 5.91 Å². The van der Waals surface area contributed by atoms with E-state index in [1.165, 1.54) is 0 Å². The van der Waals surface area contributed by atoms with E-state index in [2.05, 4.69) is 0 Å². The molecule has 0 atom stereocenters. The van der Waals surface area contributed by atoms with E-state index in [9.17, 15) is 4.79 Å². The highest BCUT2D eigenvalue weighted by atomic mass is 16.5. The summed E-state index contributed by atoms with van der Waals surface area (Å²) < 4.78 is 19.9. The molecule has 0 spiro atoms. The number of rotatable bonds is 9. The van der Waals surface area contributed by atoms with Crippen LogP contribution in [0.15, 0.2) is 84.9 Å². The number of hydrogen-bond acceptors (Lipinski definition) is 4. The van der Waals surface area contributed by atoms with Crippen LogP contribution in [0, 0.1) is 6.92 Å². The maximum absolute atomic E-state index is 13.5. The van der Waals surface area contributed by atoms with Gasteiger partial charge in [-0.15, -0.1) is 0 Å². The average molecular weight is 471 g/mol. The van der Waals surface area contributed by atoms with Gasteiger partial charge in [0.05, 0.1) is 12.8 Å². The second-order valence-corrected chi connectivity index (χ2v) is 8.37. The zero-order valence-corrected chi connectivity index (χ0v) is 20.5. The summed E-state index contributed by atoms with van der Waals surface area (Å²) in [7, 11) is 5.09. The molecule has 3 aromatic carbocycles. The van der Waals surface area contributed by atoms with Crippen LogP contribution in [0.4, 0.5) is 0 Å². The third-order valence-corrected chi connectivity index (χ3v) is 5.70. The van der Waals surface area contributed by atoms with Gasteiger partial charge in [0.15, 0.2) is 17.2 Å². The quantitative estimate of drug-likeness (QED) is 0.317. The van der Waals surface area contributed by atoms with Gasteiger partial charge in [-0.25, -0.2) is 0 Å². The molecule has 6 heteroatoms. The van der Waals surface area contributed by atoms with E-state index in [1.807, 2.05) is 96.4 Å². The number of carbonyl (C=O) groups excluding carboxylic acids is 1. The summed E-state index contributed by atoms with van der Waals surface area (Å²) >= 11 is 0. The van der Waals surface area contributed by atoms with Gasteiger partial charge in [-0.3, -0.25) is 4.79 Å². The summed E-state index contributed by atoms with van der Waals surface area (Å²) in [5, 5.41) is 0. The molecule has 180 valence electrons. The van der Waals surface area contributed by atoms with Crippen LogP contribution in [0.1, 0.15) is 27.3 Å². The highest BCUT2D eigenvalue weighted by Crippen LogP contribution is 2.41. The van der Waals surface area contributed by atoms with Crippen molar-refractivity contribution in [2.45, 2.75) is 20.1 Å². The fourth-order valence-electron chi connectivity index (χ4n) is 3.86. The van der Waals surface area contributed by atoms with Crippen molar-refractivity contribution in [1.82, 2.24) is 9.47 Å². The Morgan fingerprint density at radius 2 is 1.29 bits per heavy atom. The number of benzene rings is 3. The third-order valence-electron chi connectivity index (χ3n) is 5.70. The number of aromatic nitrogens is 1. The van der Waals surface area contributed by atoms with E-state index in [4.69, 9.17) is 14.2 Å². The predicted octanol–water partition coefficient (Wildman–Crippen LogP) is 5.65. The molecule has 6 nitrogen and oxygen atoms in total. The van der Waals surface area contributed by atoms with Gasteiger partial charge in [0.25, 0.3) is 5.91 Å². The van der Waals surface area contributed by atoms with Crippen LogP contribution in [-0.4, -0.2) is 36.6 Å². The summed E-state index contributed by atoms with van der Waals surface area (Å²) in [6, 6.07) is 27.4. The molecule has 1 heterocycles. The first-order chi connectivity index (χ1) is 17.0. The van der Waals surface area contributed by atoms with Crippen molar-refractivity contribution in [3.05, 3.63) is 107 Å². The lowest BCUT2D eigenvalue weighted by atomic mass is 10.2. The fourth-order valence-corrected chi connectivity index (χ4v) is 3.86. The normalized spacial score (nSPS) is 10.6. The van der Waals surface area contributed by atoms with Gasteiger partial charge in [0, 0.05) is 19.8 Å². The van der Waals surface area contributed by atoms with Crippen molar-refractivity contribution >= 4 is 5.91 Å². The summed E-state index contributed by atoms with van der Waals surface area (Å²) in [6.45, 7) is 2.60. The largest absolute Gasteiger partial charge is 0.497 e. The Morgan fingerprint density at radius 3 is 1.77 bits per heavy atom. The van der Waals surface area contributed by atoms with Gasteiger partial charge in [-0.2, -0.15) is 0 Å². The molecule has 0 unspecified atom stereocenters. The van der Waals surface area contributed by atoms with Crippen molar-refractivity contribution in [2.75, 3.05) is 21.2 Å². The molecule has 4 rings (SSSR count). The number of ether oxygens (including phenoxy) is 3. The summed E-state index contributed by atoms with van der Waals surface area (Å²) in [6.07, 6.45) is 0. The summed E-state index contributed by atoms with van der Waals surface area (Å²) in [5.74, 6) is 1.53. The molecule has 35 heavy (non-hydrogen) atoms. The van der Waals surface area contributed by atoms with Gasteiger partial charge in [0.2, 0.25) is 0 Å². The van der Waals surface area contributed by atoms with E-state index in [0.717, 1.165) is 28.3 Å². The fraction of sp³-hybridized carbons (Fsp3) is 0.207. The van der Waals surface area contributed by atoms with E-state index < -0.39 is 0 Å². The molecule has 0 bridgehead atoms. The molecule has 0 aliphatic rings. The number of nitrogens with zero attached hydrogens (tertiary/aromatic N) is 2. The molecular formula is C29H30N2O4. The minimum absolute atomic E-state index is 0.179. The van der Waals surface area contributed by atoms with Crippen LogP contribution < -0.4 is 14.2 Å². The Bertz CT molecular complexity index is 1260. The molecule has 0 aliphatic carbocycles. The second kappa shape index (κ2) is 10.8. The molecule has 1 amide bonds. The van der Waals surface area contributed by atoms with Gasteiger partial charge in [-0.05, 0) is 42.3 Å². The van der Waals surface area contributed by atoms with Crippen LogP contribution in [0.2, 0.25) is 0 Å². The van der Waals surface area contributed by atoms with Crippen LogP contribution in [0.5, 0.6) is 17.2 Å². The van der Waals surface area contributed by atoms with Crippen LogP contribution in [0.3, 0.4) is 0 Å². The van der Waals surface area contributed by atoms with Crippen LogP contribution >= 0.6 is 0 Å². The maximum atomic E-state index is 13.5. The Balaban J connectivity index is 1.83. The number of amides is 1. The molecule has 0 aliphatic heterocycles. The molecular weight excluding hydrogens is 440 g/mol. The summed E-state index contributed by atoms with van der Waals surface area (Å²) in [5.41, 5.74) is 4.03. The lowest BCUT2D eigenvalue weighted by molar-refractivity contribution is 0.0814. The highest BCUT2D eigenvalue weighted by Gasteiger charge is 2.30. The molecule has 4 aromatic rings. The molecule has 0 saturated heterocycles.